The molecule has 74 heavy (non-hydrogen) atoms. The normalized spacial score (nSPS) is 12.2. The van der Waals surface area contributed by atoms with Crippen molar-refractivity contribution in [2.45, 2.75) is 48.7 Å². The summed E-state index contributed by atoms with van der Waals surface area (Å²) < 4.78 is 116. The average molecular weight is 1060 g/mol. The van der Waals surface area contributed by atoms with Crippen LogP contribution in [0.5, 0.6) is 34.8 Å². The van der Waals surface area contributed by atoms with Crippen LogP contribution in [0.25, 0.3) is 34.4 Å². The van der Waals surface area contributed by atoms with Gasteiger partial charge in [-0.15, -0.1) is 20.4 Å². The molecule has 6 heterocycles. The molecule has 388 valence electrons. The van der Waals surface area contributed by atoms with Gasteiger partial charge in [-0.3, -0.25) is 9.13 Å². The number of nitrogens with zero attached hydrogens (tertiary/aromatic N) is 12. The summed E-state index contributed by atoms with van der Waals surface area (Å²) in [6.45, 7) is 3.08. The van der Waals surface area contributed by atoms with Gasteiger partial charge in [0.1, 0.15) is 68.9 Å². The van der Waals surface area contributed by atoms with Crippen molar-refractivity contribution in [1.82, 2.24) is 59.4 Å². The van der Waals surface area contributed by atoms with Crippen LogP contribution >= 0.6 is 0 Å². The number of benzene rings is 2. The maximum atomic E-state index is 13.4. The summed E-state index contributed by atoms with van der Waals surface area (Å²) in [5.41, 5.74) is 1.63. The first-order chi connectivity index (χ1) is 35.5. The first-order valence-electron chi connectivity index (χ1n) is 22.2. The third-order valence-electron chi connectivity index (χ3n) is 11.2. The van der Waals surface area contributed by atoms with Gasteiger partial charge < -0.3 is 28.4 Å². The monoisotopic (exact) mass is 1060 g/mol. The minimum Gasteiger partial charge on any atom is -0.494 e. The number of halogens is 2. The Morgan fingerprint density at radius 1 is 0.473 bits per heavy atom. The van der Waals surface area contributed by atoms with E-state index in [1.165, 1.54) is 56.5 Å². The van der Waals surface area contributed by atoms with Crippen molar-refractivity contribution in [1.29, 1.82) is 0 Å². The number of ether oxygens (including phenoxy) is 6. The smallest absolute Gasteiger partial charge is 0.213 e. The minimum absolute atomic E-state index is 0.000966. The molecule has 0 radical (unpaired) electrons. The third kappa shape index (κ3) is 12.1. The molecule has 0 aliphatic carbocycles. The van der Waals surface area contributed by atoms with Crippen LogP contribution in [-0.2, 0) is 44.0 Å². The molecule has 0 aliphatic heterocycles. The molecule has 26 heteroatoms. The molecule has 0 saturated heterocycles. The standard InChI is InChI=1S/2C24H25FN6O5S/c2*1-15(11-20-26-12-16(25)13-27-20)37(32,33)14-21-29-30-24(17-7-5-10-22(28-17)36-4)31(21)23-18(34-2)8-6-9-19(23)35-3/h2*5-10,12-13,15H,11,14H2,1-4H3/t2*15-/m10/s1. The van der Waals surface area contributed by atoms with Crippen LogP contribution in [0.2, 0.25) is 0 Å². The van der Waals surface area contributed by atoms with Crippen molar-refractivity contribution in [3.05, 3.63) is 133 Å². The van der Waals surface area contributed by atoms with E-state index >= 15 is 0 Å². The predicted molar refractivity (Wildman–Crippen MR) is 264 cm³/mol. The Morgan fingerprint density at radius 2 is 0.797 bits per heavy atom. The fraction of sp³-hybridized carbons (Fsp3) is 0.292. The van der Waals surface area contributed by atoms with E-state index in [1.807, 2.05) is 0 Å². The number of pyridine rings is 2. The van der Waals surface area contributed by atoms with Crippen molar-refractivity contribution in [3.63, 3.8) is 0 Å². The second-order valence-corrected chi connectivity index (χ2v) is 20.8. The molecule has 0 bridgehead atoms. The molecule has 22 nitrogen and oxygen atoms in total. The molecule has 8 aromatic rings. The maximum absolute atomic E-state index is 13.4. The van der Waals surface area contributed by atoms with Crippen LogP contribution in [0, 0.1) is 11.6 Å². The molecule has 0 amide bonds. The van der Waals surface area contributed by atoms with Gasteiger partial charge in [0.2, 0.25) is 11.8 Å². The van der Waals surface area contributed by atoms with Gasteiger partial charge in [-0.05, 0) is 50.2 Å². The van der Waals surface area contributed by atoms with Gasteiger partial charge in [-0.25, -0.2) is 55.5 Å². The molecule has 8 rings (SSSR count). The van der Waals surface area contributed by atoms with Crippen molar-refractivity contribution in [3.8, 4) is 69.2 Å². The molecule has 0 fully saturated rings. The van der Waals surface area contributed by atoms with Crippen LogP contribution in [0.4, 0.5) is 8.78 Å². The fourth-order valence-corrected chi connectivity index (χ4v) is 9.80. The van der Waals surface area contributed by atoms with Crippen LogP contribution in [-0.4, -0.2) is 129 Å². The molecule has 2 aromatic carbocycles. The highest BCUT2D eigenvalue weighted by Crippen LogP contribution is 2.38. The number of aromatic nitrogens is 12. The van der Waals surface area contributed by atoms with E-state index in [2.05, 4.69) is 50.3 Å². The lowest BCUT2D eigenvalue weighted by Crippen LogP contribution is -2.24. The Hall–Kier alpha value is -8.26. The summed E-state index contributed by atoms with van der Waals surface area (Å²) in [4.78, 5) is 24.4. The molecule has 0 N–H and O–H groups in total. The lowest BCUT2D eigenvalue weighted by molar-refractivity contribution is 0.390. The zero-order valence-corrected chi connectivity index (χ0v) is 42.9. The third-order valence-corrected chi connectivity index (χ3v) is 15.3. The van der Waals surface area contributed by atoms with E-state index in [-0.39, 0.29) is 47.8 Å². The highest BCUT2D eigenvalue weighted by molar-refractivity contribution is 7.91. The van der Waals surface area contributed by atoms with Gasteiger partial charge in [0, 0.05) is 25.0 Å². The van der Waals surface area contributed by atoms with Crippen molar-refractivity contribution in [2.75, 3.05) is 42.7 Å². The highest BCUT2D eigenvalue weighted by atomic mass is 32.2. The Labute approximate surface area is 424 Å². The Kier molecular flexibility index (Phi) is 17.0. The SMILES string of the molecule is COc1cccc(-c2nnc(CS(=O)(=O)[C@@H](C)Cc3ncc(F)cn3)n2-c2c(OC)cccc2OC)n1.COc1cccc(-c2nnc(CS(=O)(=O)[C@H](C)Cc3ncc(F)cn3)n2-c2c(OC)cccc2OC)n1. The Morgan fingerprint density at radius 3 is 1.11 bits per heavy atom. The van der Waals surface area contributed by atoms with Crippen LogP contribution in [0.1, 0.15) is 37.1 Å². The summed E-state index contributed by atoms with van der Waals surface area (Å²) in [5, 5.41) is 15.2. The summed E-state index contributed by atoms with van der Waals surface area (Å²) in [5.74, 6) is 1.41. The van der Waals surface area contributed by atoms with E-state index in [4.69, 9.17) is 28.4 Å². The number of para-hydroxylation sites is 2. The minimum atomic E-state index is -3.80. The Bertz CT molecular complexity index is 3170. The van der Waals surface area contributed by atoms with Crippen LogP contribution < -0.4 is 28.4 Å². The van der Waals surface area contributed by atoms with Crippen molar-refractivity contribution >= 4 is 19.7 Å². The summed E-state index contributed by atoms with van der Waals surface area (Å²) in [6.07, 6.45) is 4.00. The Balaban J connectivity index is 0.000000216. The summed E-state index contributed by atoms with van der Waals surface area (Å²) in [7, 11) is 1.36. The molecule has 0 aliphatic rings. The van der Waals surface area contributed by atoms with Crippen LogP contribution in [0.15, 0.2) is 97.6 Å². The van der Waals surface area contributed by atoms with Gasteiger partial charge in [-0.2, -0.15) is 0 Å². The molecular weight excluding hydrogens is 1010 g/mol. The maximum Gasteiger partial charge on any atom is 0.213 e. The second kappa shape index (κ2) is 23.5. The largest absolute Gasteiger partial charge is 0.494 e. The van der Waals surface area contributed by atoms with E-state index in [0.717, 1.165) is 24.8 Å². The van der Waals surface area contributed by atoms with Gasteiger partial charge in [0.05, 0.1) is 77.9 Å². The lowest BCUT2D eigenvalue weighted by atomic mass is 10.2. The van der Waals surface area contributed by atoms with E-state index in [9.17, 15) is 25.6 Å². The summed E-state index contributed by atoms with van der Waals surface area (Å²) >= 11 is 0. The second-order valence-electron chi connectivity index (χ2n) is 16.0. The molecular formula is C48H50F2N12O10S2. The number of sulfone groups is 2. The highest BCUT2D eigenvalue weighted by Gasteiger charge is 2.32. The van der Waals surface area contributed by atoms with E-state index in [1.54, 1.807) is 81.9 Å². The van der Waals surface area contributed by atoms with E-state index < -0.39 is 53.3 Å². The van der Waals surface area contributed by atoms with Crippen LogP contribution in [0.3, 0.4) is 0 Å². The molecule has 6 aromatic heterocycles. The quantitative estimate of drug-likeness (QED) is 0.0891. The molecule has 0 spiro atoms. The lowest BCUT2D eigenvalue weighted by Gasteiger charge is -2.18. The van der Waals surface area contributed by atoms with Gasteiger partial charge >= 0.3 is 0 Å². The zero-order chi connectivity index (χ0) is 53.2. The topological polar surface area (TPSA) is 262 Å². The molecule has 0 saturated carbocycles. The molecule has 2 atom stereocenters. The molecule has 0 unspecified atom stereocenters. The predicted octanol–water partition coefficient (Wildman–Crippen LogP) is 5.66. The average Bonchev–Trinajstić information content (AvgIpc) is 4.02. The first kappa shape index (κ1) is 53.5. The number of hydrogen-bond acceptors (Lipinski definition) is 20. The number of methoxy groups -OCH3 is 6. The summed E-state index contributed by atoms with van der Waals surface area (Å²) in [6, 6.07) is 20.6. The van der Waals surface area contributed by atoms with Crippen molar-refractivity contribution in [2.24, 2.45) is 0 Å². The van der Waals surface area contributed by atoms with Gasteiger partial charge in [0.25, 0.3) is 0 Å². The van der Waals surface area contributed by atoms with Gasteiger partial charge in [-0.1, -0.05) is 24.3 Å². The number of rotatable bonds is 20. The van der Waals surface area contributed by atoms with Crippen molar-refractivity contribution < 1.29 is 54.0 Å². The zero-order valence-electron chi connectivity index (χ0n) is 41.2. The van der Waals surface area contributed by atoms with Gasteiger partial charge in [0.15, 0.2) is 54.6 Å². The first-order valence-corrected chi connectivity index (χ1v) is 25.7. The fourth-order valence-electron chi connectivity index (χ4n) is 7.33. The number of hydrogen-bond donors (Lipinski definition) is 0. The van der Waals surface area contributed by atoms with E-state index in [0.29, 0.717) is 57.5 Å².